The first kappa shape index (κ1) is 27.5. The van der Waals surface area contributed by atoms with Crippen molar-refractivity contribution in [3.8, 4) is 28.4 Å². The number of hydrogen-bond donors (Lipinski definition) is 1. The van der Waals surface area contributed by atoms with E-state index in [4.69, 9.17) is 9.47 Å². The van der Waals surface area contributed by atoms with Crippen molar-refractivity contribution in [2.75, 3.05) is 43.7 Å². The van der Waals surface area contributed by atoms with E-state index in [0.29, 0.717) is 47.7 Å². The van der Waals surface area contributed by atoms with E-state index in [1.165, 1.54) is 31.3 Å². The van der Waals surface area contributed by atoms with Gasteiger partial charge in [-0.1, -0.05) is 6.92 Å². The molecular formula is C28H29F3N4O5. The van der Waals surface area contributed by atoms with Crippen molar-refractivity contribution in [2.45, 2.75) is 38.5 Å². The van der Waals surface area contributed by atoms with Crippen molar-refractivity contribution in [3.63, 3.8) is 0 Å². The van der Waals surface area contributed by atoms with Crippen LogP contribution in [0, 0.1) is 0 Å². The van der Waals surface area contributed by atoms with E-state index >= 15 is 0 Å². The van der Waals surface area contributed by atoms with Crippen LogP contribution in [-0.2, 0) is 17.4 Å². The lowest BCUT2D eigenvalue weighted by Crippen LogP contribution is -2.35. The molecule has 0 unspecified atom stereocenters. The molecule has 3 heterocycles. The van der Waals surface area contributed by atoms with Crippen LogP contribution in [0.2, 0.25) is 0 Å². The minimum atomic E-state index is -4.79. The second-order valence-corrected chi connectivity index (χ2v) is 9.73. The van der Waals surface area contributed by atoms with E-state index in [9.17, 15) is 27.9 Å². The molecule has 1 amide bonds. The van der Waals surface area contributed by atoms with Gasteiger partial charge in [0.15, 0.2) is 0 Å². The van der Waals surface area contributed by atoms with Crippen LogP contribution in [0.15, 0.2) is 41.2 Å². The molecule has 2 aliphatic rings. The average molecular weight is 559 g/mol. The average Bonchev–Trinajstić information content (AvgIpc) is 3.59. The van der Waals surface area contributed by atoms with Gasteiger partial charge in [-0.25, -0.2) is 0 Å². The Balaban J connectivity index is 1.81. The Labute approximate surface area is 228 Å². The Bertz CT molecular complexity index is 1500. The summed E-state index contributed by atoms with van der Waals surface area (Å²) in [4.78, 5) is 29.8. The minimum absolute atomic E-state index is 0.00811. The fourth-order valence-corrected chi connectivity index (χ4v) is 5.29. The molecule has 1 fully saturated rings. The molecule has 0 aliphatic carbocycles. The number of fused-ring (bicyclic) bond motifs is 1. The standard InChI is InChI=1S/C28H29F3N4O5/c1-4-24(37)34-10-8-21-25(16-11-19(39-2)14-20(12-16)40-3)32-35(27(38)26(21)34)23-13-17(33-9-7-18(36)15-33)5-6-22(23)28(29,30)31/h5-6,11-14,18,36H,4,7-10,15H2,1-3H3/t18-/m0/s1. The van der Waals surface area contributed by atoms with Gasteiger partial charge < -0.3 is 24.4 Å². The number of aliphatic hydroxyl groups is 1. The summed E-state index contributed by atoms with van der Waals surface area (Å²) < 4.78 is 54.4. The van der Waals surface area contributed by atoms with E-state index in [2.05, 4.69) is 5.10 Å². The number of aliphatic hydroxyl groups excluding tert-OH is 1. The Hall–Kier alpha value is -4.06. The number of ether oxygens (including phenoxy) is 2. The van der Waals surface area contributed by atoms with E-state index < -0.39 is 29.1 Å². The van der Waals surface area contributed by atoms with Crippen LogP contribution in [0.5, 0.6) is 11.5 Å². The molecule has 5 rings (SSSR count). The predicted molar refractivity (Wildman–Crippen MR) is 143 cm³/mol. The van der Waals surface area contributed by atoms with Gasteiger partial charge in [0.05, 0.1) is 37.3 Å². The van der Waals surface area contributed by atoms with Crippen LogP contribution in [0.25, 0.3) is 16.9 Å². The molecule has 12 heteroatoms. The summed E-state index contributed by atoms with van der Waals surface area (Å²) in [6, 6.07) is 8.44. The lowest BCUT2D eigenvalue weighted by atomic mass is 10.0. The van der Waals surface area contributed by atoms with Gasteiger partial charge in [-0.2, -0.15) is 23.0 Å². The van der Waals surface area contributed by atoms with Crippen molar-refractivity contribution in [1.82, 2.24) is 9.78 Å². The zero-order chi connectivity index (χ0) is 28.8. The Kier molecular flexibility index (Phi) is 7.21. The fourth-order valence-electron chi connectivity index (χ4n) is 5.29. The minimum Gasteiger partial charge on any atom is -0.497 e. The molecule has 2 aliphatic heterocycles. The number of halogens is 3. The van der Waals surface area contributed by atoms with Gasteiger partial charge in [0.2, 0.25) is 5.91 Å². The highest BCUT2D eigenvalue weighted by Gasteiger charge is 2.38. The number of anilines is 2. The maximum Gasteiger partial charge on any atom is 0.418 e. The number of alkyl halides is 3. The zero-order valence-electron chi connectivity index (χ0n) is 22.3. The molecule has 3 aromatic rings. The van der Waals surface area contributed by atoms with Crippen LogP contribution in [-0.4, -0.2) is 60.8 Å². The molecule has 0 saturated carbocycles. The first-order valence-corrected chi connectivity index (χ1v) is 12.9. The molecular weight excluding hydrogens is 529 g/mol. The number of benzene rings is 2. The Morgan fingerprint density at radius 2 is 1.80 bits per heavy atom. The van der Waals surface area contributed by atoms with Gasteiger partial charge in [-0.05, 0) is 43.2 Å². The van der Waals surface area contributed by atoms with E-state index in [1.807, 2.05) is 0 Å². The summed E-state index contributed by atoms with van der Waals surface area (Å²) in [7, 11) is 2.94. The number of hydrogen-bond acceptors (Lipinski definition) is 7. The SMILES string of the molecule is CCC(=O)N1CCc2c(-c3cc(OC)cc(OC)c3)nn(-c3cc(N4CC[C@H](O)C4)ccc3C(F)(F)F)c(=O)c21. The summed E-state index contributed by atoms with van der Waals surface area (Å²) in [5.74, 6) is 0.527. The molecule has 0 radical (unpaired) electrons. The Morgan fingerprint density at radius 3 is 2.38 bits per heavy atom. The highest BCUT2D eigenvalue weighted by atomic mass is 19.4. The zero-order valence-corrected chi connectivity index (χ0v) is 22.3. The lowest BCUT2D eigenvalue weighted by molar-refractivity contribution is -0.137. The molecule has 9 nitrogen and oxygen atoms in total. The predicted octanol–water partition coefficient (Wildman–Crippen LogP) is 3.81. The summed E-state index contributed by atoms with van der Waals surface area (Å²) in [6.07, 6.45) is -4.50. The molecule has 1 N–H and O–H groups in total. The molecule has 212 valence electrons. The van der Waals surface area contributed by atoms with Crippen LogP contribution in [0.3, 0.4) is 0 Å². The maximum absolute atomic E-state index is 14.3. The van der Waals surface area contributed by atoms with Gasteiger partial charge in [0.1, 0.15) is 17.2 Å². The third-order valence-electron chi connectivity index (χ3n) is 7.29. The van der Waals surface area contributed by atoms with Crippen LogP contribution in [0.1, 0.15) is 30.9 Å². The largest absolute Gasteiger partial charge is 0.497 e. The van der Waals surface area contributed by atoms with Gasteiger partial charge in [-0.3, -0.25) is 9.59 Å². The van der Waals surface area contributed by atoms with Gasteiger partial charge >= 0.3 is 6.18 Å². The lowest BCUT2D eigenvalue weighted by Gasteiger charge is -2.23. The summed E-state index contributed by atoms with van der Waals surface area (Å²) in [5, 5.41) is 14.5. The monoisotopic (exact) mass is 558 g/mol. The highest BCUT2D eigenvalue weighted by Crippen LogP contribution is 2.39. The summed E-state index contributed by atoms with van der Waals surface area (Å²) >= 11 is 0. The number of β-amino-alcohol motifs (C(OH)–C–C–N with tert-alkyl or cyclic N) is 1. The van der Waals surface area contributed by atoms with Crippen molar-refractivity contribution in [1.29, 1.82) is 0 Å². The smallest absolute Gasteiger partial charge is 0.418 e. The Morgan fingerprint density at radius 1 is 1.10 bits per heavy atom. The molecule has 1 aromatic heterocycles. The molecule has 0 bridgehead atoms. The van der Waals surface area contributed by atoms with Gasteiger partial charge in [0, 0.05) is 48.9 Å². The second kappa shape index (κ2) is 10.5. The fraction of sp³-hybridized carbons (Fsp3) is 0.393. The first-order valence-electron chi connectivity index (χ1n) is 12.9. The highest BCUT2D eigenvalue weighted by molar-refractivity contribution is 5.96. The van der Waals surface area contributed by atoms with Crippen molar-refractivity contribution in [3.05, 3.63) is 57.9 Å². The second-order valence-electron chi connectivity index (χ2n) is 9.73. The normalized spacial score (nSPS) is 16.8. The van der Waals surface area contributed by atoms with E-state index in [0.717, 1.165) is 10.7 Å². The maximum atomic E-state index is 14.3. The third-order valence-corrected chi connectivity index (χ3v) is 7.29. The number of methoxy groups -OCH3 is 2. The molecule has 1 saturated heterocycles. The number of amides is 1. The quantitative estimate of drug-likeness (QED) is 0.492. The van der Waals surface area contributed by atoms with Crippen molar-refractivity contribution in [2.24, 2.45) is 0 Å². The van der Waals surface area contributed by atoms with Crippen molar-refractivity contribution >= 4 is 17.3 Å². The van der Waals surface area contributed by atoms with Gasteiger partial charge in [0.25, 0.3) is 5.56 Å². The topological polar surface area (TPSA) is 97.1 Å². The number of rotatable bonds is 6. The number of aromatic nitrogens is 2. The van der Waals surface area contributed by atoms with Gasteiger partial charge in [-0.15, -0.1) is 0 Å². The van der Waals surface area contributed by atoms with Crippen LogP contribution < -0.4 is 24.8 Å². The first-order chi connectivity index (χ1) is 19.0. The summed E-state index contributed by atoms with van der Waals surface area (Å²) in [6.45, 7) is 2.57. The molecule has 2 aromatic carbocycles. The van der Waals surface area contributed by atoms with E-state index in [-0.39, 0.29) is 36.8 Å². The summed E-state index contributed by atoms with van der Waals surface area (Å²) in [5.41, 5.74) is -0.749. The van der Waals surface area contributed by atoms with Crippen LogP contribution >= 0.6 is 0 Å². The molecule has 40 heavy (non-hydrogen) atoms. The number of carbonyl (C=O) groups is 1. The van der Waals surface area contributed by atoms with Crippen LogP contribution in [0.4, 0.5) is 24.5 Å². The third kappa shape index (κ3) is 4.87. The van der Waals surface area contributed by atoms with Crippen molar-refractivity contribution < 1.29 is 32.5 Å². The number of carbonyl (C=O) groups excluding carboxylic acids is 1. The number of nitrogens with zero attached hydrogens (tertiary/aromatic N) is 4. The van der Waals surface area contributed by atoms with E-state index in [1.54, 1.807) is 30.0 Å². The molecule has 1 atom stereocenters. The molecule has 0 spiro atoms.